The van der Waals surface area contributed by atoms with Crippen molar-refractivity contribution in [3.63, 3.8) is 0 Å². The molecule has 5 nitrogen and oxygen atoms in total. The highest BCUT2D eigenvalue weighted by molar-refractivity contribution is 7.10. The van der Waals surface area contributed by atoms with Crippen molar-refractivity contribution in [1.29, 1.82) is 0 Å². The number of ether oxygens (including phenoxy) is 1. The van der Waals surface area contributed by atoms with Gasteiger partial charge in [0.25, 0.3) is 0 Å². The maximum absolute atomic E-state index is 11.3. The fourth-order valence-corrected chi connectivity index (χ4v) is 2.24. The third-order valence-corrected chi connectivity index (χ3v) is 3.08. The predicted octanol–water partition coefficient (Wildman–Crippen LogP) is 1.65. The number of carbonyl (C=O) groups is 1. The molecule has 0 N–H and O–H groups in total. The summed E-state index contributed by atoms with van der Waals surface area (Å²) < 4.78 is 6.63. The lowest BCUT2D eigenvalue weighted by Gasteiger charge is -1.98. The van der Waals surface area contributed by atoms with Crippen LogP contribution in [-0.2, 0) is 23.0 Å². The molecule has 0 aromatic carbocycles. The van der Waals surface area contributed by atoms with Crippen molar-refractivity contribution in [2.24, 2.45) is 7.05 Å². The van der Waals surface area contributed by atoms with Crippen LogP contribution < -0.4 is 0 Å². The Morgan fingerprint density at radius 1 is 1.59 bits per heavy atom. The molecule has 0 bridgehead atoms. The third kappa shape index (κ3) is 2.71. The summed E-state index contributed by atoms with van der Waals surface area (Å²) >= 11 is 1.46. The number of aromatic nitrogens is 3. The van der Waals surface area contributed by atoms with Crippen LogP contribution in [0, 0.1) is 0 Å². The fourth-order valence-electron chi connectivity index (χ4n) is 1.47. The first-order valence-electron chi connectivity index (χ1n) is 5.29. The smallest absolute Gasteiger partial charge is 0.312 e. The van der Waals surface area contributed by atoms with E-state index in [0.29, 0.717) is 6.61 Å². The van der Waals surface area contributed by atoms with E-state index >= 15 is 0 Å². The molecule has 2 aromatic heterocycles. The van der Waals surface area contributed by atoms with Gasteiger partial charge in [-0.05, 0) is 13.0 Å². The molecule has 0 radical (unpaired) electrons. The van der Waals surface area contributed by atoms with E-state index in [0.717, 1.165) is 16.4 Å². The van der Waals surface area contributed by atoms with Gasteiger partial charge in [-0.2, -0.15) is 5.10 Å². The summed E-state index contributed by atoms with van der Waals surface area (Å²) in [6, 6.07) is 1.89. The van der Waals surface area contributed by atoms with Gasteiger partial charge in [-0.15, -0.1) is 11.3 Å². The van der Waals surface area contributed by atoms with Gasteiger partial charge in [0.05, 0.1) is 24.4 Å². The van der Waals surface area contributed by atoms with Gasteiger partial charge in [-0.25, -0.2) is 4.98 Å². The summed E-state index contributed by atoms with van der Waals surface area (Å²) in [5.41, 5.74) is 1.78. The maximum atomic E-state index is 11.3. The number of aryl methyl sites for hydroxylation is 1. The van der Waals surface area contributed by atoms with Crippen molar-refractivity contribution in [3.8, 4) is 11.4 Å². The molecule has 0 amide bonds. The predicted molar refractivity (Wildman–Crippen MR) is 64.7 cm³/mol. The second kappa shape index (κ2) is 5.09. The summed E-state index contributed by atoms with van der Waals surface area (Å²) in [5.74, 6) is -0.238. The lowest BCUT2D eigenvalue weighted by molar-refractivity contribution is -0.142. The van der Waals surface area contributed by atoms with Gasteiger partial charge in [0.1, 0.15) is 5.01 Å². The topological polar surface area (TPSA) is 57.0 Å². The first-order valence-corrected chi connectivity index (χ1v) is 6.17. The summed E-state index contributed by atoms with van der Waals surface area (Å²) in [5, 5.41) is 6.77. The Labute approximate surface area is 103 Å². The Kier molecular flexibility index (Phi) is 3.53. The number of esters is 1. The minimum atomic E-state index is -0.238. The van der Waals surface area contributed by atoms with E-state index in [1.165, 1.54) is 11.3 Å². The van der Waals surface area contributed by atoms with Gasteiger partial charge in [-0.3, -0.25) is 9.48 Å². The van der Waals surface area contributed by atoms with Crippen LogP contribution in [-0.4, -0.2) is 27.3 Å². The van der Waals surface area contributed by atoms with Crippen molar-refractivity contribution in [2.75, 3.05) is 6.61 Å². The first kappa shape index (κ1) is 11.8. The Morgan fingerprint density at radius 2 is 2.41 bits per heavy atom. The Morgan fingerprint density at radius 3 is 3.06 bits per heavy atom. The molecule has 0 spiro atoms. The van der Waals surface area contributed by atoms with Crippen LogP contribution in [0.4, 0.5) is 0 Å². The third-order valence-electron chi connectivity index (χ3n) is 2.24. The van der Waals surface area contributed by atoms with Gasteiger partial charge >= 0.3 is 5.97 Å². The maximum Gasteiger partial charge on any atom is 0.312 e. The second-order valence-electron chi connectivity index (χ2n) is 3.45. The van der Waals surface area contributed by atoms with E-state index in [9.17, 15) is 4.79 Å². The molecule has 2 aromatic rings. The van der Waals surface area contributed by atoms with E-state index in [1.807, 2.05) is 18.5 Å². The number of rotatable bonds is 4. The Balaban J connectivity index is 2.11. The van der Waals surface area contributed by atoms with Gasteiger partial charge in [0.15, 0.2) is 0 Å². The average Bonchev–Trinajstić information content (AvgIpc) is 2.87. The average molecular weight is 251 g/mol. The number of carbonyl (C=O) groups excluding carboxylic acids is 1. The molecular weight excluding hydrogens is 238 g/mol. The van der Waals surface area contributed by atoms with E-state index in [-0.39, 0.29) is 12.4 Å². The summed E-state index contributed by atoms with van der Waals surface area (Å²) in [4.78, 5) is 15.7. The van der Waals surface area contributed by atoms with Crippen LogP contribution in [0.25, 0.3) is 11.4 Å². The molecule has 90 valence electrons. The van der Waals surface area contributed by atoms with Gasteiger partial charge in [0.2, 0.25) is 0 Å². The highest BCUT2D eigenvalue weighted by Gasteiger charge is 2.11. The van der Waals surface area contributed by atoms with Gasteiger partial charge < -0.3 is 4.74 Å². The molecular formula is C11H13N3O2S. The summed E-state index contributed by atoms with van der Waals surface area (Å²) in [7, 11) is 1.86. The molecule has 2 heterocycles. The Bertz CT molecular complexity index is 518. The molecule has 6 heteroatoms. The van der Waals surface area contributed by atoms with Crippen LogP contribution in [0.3, 0.4) is 0 Å². The SMILES string of the molecule is CCOC(=O)Cc1nc(-c2ccnn2C)cs1. The molecule has 0 aliphatic rings. The van der Waals surface area contributed by atoms with Crippen molar-refractivity contribution in [3.05, 3.63) is 22.7 Å². The quantitative estimate of drug-likeness (QED) is 0.775. The molecule has 0 fully saturated rings. The van der Waals surface area contributed by atoms with Gasteiger partial charge in [-0.1, -0.05) is 0 Å². The monoisotopic (exact) mass is 251 g/mol. The molecule has 0 aliphatic heterocycles. The summed E-state index contributed by atoms with van der Waals surface area (Å²) in [6.07, 6.45) is 1.95. The van der Waals surface area contributed by atoms with Crippen molar-refractivity contribution >= 4 is 17.3 Å². The zero-order chi connectivity index (χ0) is 12.3. The van der Waals surface area contributed by atoms with Crippen molar-refractivity contribution in [1.82, 2.24) is 14.8 Å². The zero-order valence-electron chi connectivity index (χ0n) is 9.71. The van der Waals surface area contributed by atoms with Crippen molar-refractivity contribution < 1.29 is 9.53 Å². The lowest BCUT2D eigenvalue weighted by Crippen LogP contribution is -2.07. The highest BCUT2D eigenvalue weighted by atomic mass is 32.1. The van der Waals surface area contributed by atoms with Crippen LogP contribution >= 0.6 is 11.3 Å². The highest BCUT2D eigenvalue weighted by Crippen LogP contribution is 2.21. The number of hydrogen-bond donors (Lipinski definition) is 0. The zero-order valence-corrected chi connectivity index (χ0v) is 10.5. The normalized spacial score (nSPS) is 10.5. The first-order chi connectivity index (χ1) is 8.20. The molecule has 0 unspecified atom stereocenters. The molecule has 0 aliphatic carbocycles. The molecule has 17 heavy (non-hydrogen) atoms. The molecule has 0 atom stereocenters. The van der Waals surface area contributed by atoms with E-state index in [4.69, 9.17) is 4.74 Å². The van der Waals surface area contributed by atoms with E-state index in [2.05, 4.69) is 10.1 Å². The van der Waals surface area contributed by atoms with E-state index in [1.54, 1.807) is 17.8 Å². The van der Waals surface area contributed by atoms with Crippen molar-refractivity contribution in [2.45, 2.75) is 13.3 Å². The number of nitrogens with zero attached hydrogens (tertiary/aromatic N) is 3. The fraction of sp³-hybridized carbons (Fsp3) is 0.364. The minimum absolute atomic E-state index is 0.232. The van der Waals surface area contributed by atoms with E-state index < -0.39 is 0 Å². The second-order valence-corrected chi connectivity index (χ2v) is 4.39. The lowest BCUT2D eigenvalue weighted by atomic mass is 10.3. The van der Waals surface area contributed by atoms with Crippen LogP contribution in [0.15, 0.2) is 17.6 Å². The summed E-state index contributed by atoms with van der Waals surface area (Å²) in [6.45, 7) is 2.19. The number of thiazole rings is 1. The molecule has 0 saturated carbocycles. The van der Waals surface area contributed by atoms with Crippen LogP contribution in [0.5, 0.6) is 0 Å². The minimum Gasteiger partial charge on any atom is -0.466 e. The van der Waals surface area contributed by atoms with Gasteiger partial charge in [0, 0.05) is 18.6 Å². The Hall–Kier alpha value is -1.69. The largest absolute Gasteiger partial charge is 0.466 e. The molecule has 0 saturated heterocycles. The molecule has 2 rings (SSSR count). The van der Waals surface area contributed by atoms with Crippen LogP contribution in [0.2, 0.25) is 0 Å². The van der Waals surface area contributed by atoms with Crippen LogP contribution in [0.1, 0.15) is 11.9 Å². The number of hydrogen-bond acceptors (Lipinski definition) is 5. The standard InChI is InChI=1S/C11H13N3O2S/c1-3-16-11(15)6-10-13-8(7-17-10)9-4-5-12-14(9)2/h4-5,7H,3,6H2,1-2H3.